The van der Waals surface area contributed by atoms with E-state index in [-0.39, 0.29) is 45.9 Å². The lowest BCUT2D eigenvalue weighted by molar-refractivity contribution is -0.438. The van der Waals surface area contributed by atoms with Gasteiger partial charge >= 0.3 is 0 Å². The van der Waals surface area contributed by atoms with Crippen molar-refractivity contribution in [3.8, 4) is 5.69 Å². The number of ether oxygens (including phenoxy) is 5. The van der Waals surface area contributed by atoms with Crippen LogP contribution in [-0.4, -0.2) is 161 Å². The van der Waals surface area contributed by atoms with E-state index in [4.69, 9.17) is 34.5 Å². The molecule has 0 fully saturated rings. The molecule has 0 radical (unpaired) electrons. The summed E-state index contributed by atoms with van der Waals surface area (Å²) in [5, 5.41) is 11.6. The first-order valence-corrected chi connectivity index (χ1v) is 36.6. The van der Waals surface area contributed by atoms with E-state index in [0.29, 0.717) is 153 Å². The number of ketones is 1. The van der Waals surface area contributed by atoms with Gasteiger partial charge < -0.3 is 49.5 Å². The van der Waals surface area contributed by atoms with Gasteiger partial charge in [-0.15, -0.1) is 0 Å². The van der Waals surface area contributed by atoms with Crippen molar-refractivity contribution >= 4 is 54.7 Å². The maximum Gasteiger partial charge on any atom is 0.264 e. The first-order chi connectivity index (χ1) is 45.3. The molecule has 1 aromatic heterocycles. The Labute approximate surface area is 562 Å². The van der Waals surface area contributed by atoms with E-state index in [1.807, 2.05) is 48.0 Å². The highest BCUT2D eigenvalue weighted by atomic mass is 32.2. The molecule has 2 aliphatic heterocycles. The first-order valence-electron chi connectivity index (χ1n) is 33.4. The van der Waals surface area contributed by atoms with Crippen molar-refractivity contribution in [1.29, 1.82) is 0 Å². The van der Waals surface area contributed by atoms with Crippen molar-refractivity contribution in [2.24, 2.45) is 11.1 Å². The van der Waals surface area contributed by atoms with Crippen LogP contribution in [0.5, 0.6) is 0 Å². The molecule has 5 N–H and O–H groups in total. The van der Waals surface area contributed by atoms with E-state index in [1.54, 1.807) is 6.07 Å². The summed E-state index contributed by atoms with van der Waals surface area (Å²) >= 11 is 0. The molecular formula is C73H99N7O13S2. The summed E-state index contributed by atoms with van der Waals surface area (Å²) in [6.07, 6.45) is 16.2. The van der Waals surface area contributed by atoms with Crippen LogP contribution >= 0.6 is 0 Å². The van der Waals surface area contributed by atoms with Crippen LogP contribution < -0.4 is 21.3 Å². The zero-order valence-corrected chi connectivity index (χ0v) is 58.2. The fraction of sp³-hybridized carbons (Fsp3) is 0.507. The van der Waals surface area contributed by atoms with E-state index in [0.717, 1.165) is 64.7 Å². The minimum absolute atomic E-state index is 0.00900. The fourth-order valence-electron chi connectivity index (χ4n) is 13.0. The van der Waals surface area contributed by atoms with E-state index in [2.05, 4.69) is 141 Å². The smallest absolute Gasteiger partial charge is 0.264 e. The lowest BCUT2D eigenvalue weighted by Crippen LogP contribution is -2.28. The number of hydrogen-bond acceptors (Lipinski definition) is 16. The Morgan fingerprint density at radius 1 is 0.747 bits per heavy atom. The van der Waals surface area contributed by atoms with Gasteiger partial charge in [0.25, 0.3) is 16.0 Å². The van der Waals surface area contributed by atoms with Crippen LogP contribution in [0, 0.1) is 12.3 Å². The topological polar surface area (TPSA) is 266 Å². The van der Waals surface area contributed by atoms with Crippen LogP contribution in [-0.2, 0) is 67.7 Å². The third-order valence-electron chi connectivity index (χ3n) is 17.8. The second-order valence-electron chi connectivity index (χ2n) is 26.6. The number of carbonyl (C=O) groups is 2. The van der Waals surface area contributed by atoms with Gasteiger partial charge in [0.15, 0.2) is 11.5 Å². The molecule has 3 heterocycles. The number of hydrogen-bond donors (Lipinski definition) is 4. The van der Waals surface area contributed by atoms with Crippen LogP contribution in [0.15, 0.2) is 127 Å². The molecule has 0 bridgehead atoms. The van der Waals surface area contributed by atoms with Crippen LogP contribution in [0.4, 0.5) is 17.1 Å². The number of primary amides is 1. The summed E-state index contributed by atoms with van der Waals surface area (Å²) in [5.41, 5.74) is 18.0. The molecule has 1 amide bonds. The Morgan fingerprint density at radius 3 is 2.02 bits per heavy atom. The van der Waals surface area contributed by atoms with Gasteiger partial charge in [0.2, 0.25) is 5.69 Å². The van der Waals surface area contributed by atoms with E-state index >= 15 is 0 Å². The van der Waals surface area contributed by atoms with E-state index < -0.39 is 26.1 Å². The maximum atomic E-state index is 13.0. The number of fused-ring (bicyclic) bond motifs is 3. The van der Waals surface area contributed by atoms with Gasteiger partial charge in [0.1, 0.15) is 6.54 Å². The number of allylic oxidation sites excluding steroid dienone is 6. The number of para-hydroxylation sites is 2. The van der Waals surface area contributed by atoms with E-state index in [9.17, 15) is 35.5 Å². The average molecular weight is 1350 g/mol. The van der Waals surface area contributed by atoms with Crippen LogP contribution in [0.1, 0.15) is 153 Å². The summed E-state index contributed by atoms with van der Waals surface area (Å²) < 4.78 is 99.6. The maximum absolute atomic E-state index is 13.0. The minimum Gasteiger partial charge on any atom is -0.748 e. The Kier molecular flexibility index (Phi) is 26.9. The number of rotatable bonds is 41. The Hall–Kier alpha value is -6.70. The summed E-state index contributed by atoms with van der Waals surface area (Å²) in [5.74, 6) is -1.10. The highest BCUT2D eigenvalue weighted by molar-refractivity contribution is 7.85. The number of anilines is 2. The van der Waals surface area contributed by atoms with Crippen molar-refractivity contribution in [2.45, 2.75) is 130 Å². The van der Waals surface area contributed by atoms with Crippen molar-refractivity contribution in [3.63, 3.8) is 0 Å². The Balaban J connectivity index is 0.726. The zero-order chi connectivity index (χ0) is 68.2. The van der Waals surface area contributed by atoms with Gasteiger partial charge in [0.05, 0.1) is 102 Å². The minimum atomic E-state index is -4.31. The number of nitrogens with two attached hydrogens (primary N) is 1. The van der Waals surface area contributed by atoms with Crippen molar-refractivity contribution in [2.75, 3.05) is 114 Å². The Bertz CT molecular complexity index is 3760. The number of Topliss-reactive ketones (excluding diaryl/α,β-unsaturated/α-hetero) is 1. The number of amides is 1. The normalized spacial score (nSPS) is 16.5. The Morgan fingerprint density at radius 2 is 1.37 bits per heavy atom. The molecule has 516 valence electrons. The predicted molar refractivity (Wildman–Crippen MR) is 372 cm³/mol. The molecule has 5 aromatic rings. The standard InChI is InChI=1S/C73H99N7O13S2/c1-54-69-65(51-71(2,3)52-66(69)81)80(77-54)58-31-32-59(70(74)82)62(50-58)76-35-19-39-90-41-43-92-45-47-93-46-44-91-42-40-89-38-18-34-75-53-55-26-28-57(29-27-55)56(30-33-68-73(6,7)61-22-10-12-24-64(61)79(68)37-15-17-49-95(86,87)88)20-8-13-25-67-72(4,5)60-21-9-11-23-63(60)78(67)36-14-16-48-94(83,84)85/h8-13,21-33,50,56,75H,14-20,34-49,51-53H2,1-7H3,(H4-,74,76,82,83,84,85,86,87,88)/b13-8+,33-30+,67-25-. The fourth-order valence-corrected chi connectivity index (χ4v) is 14.1. The third-order valence-corrected chi connectivity index (χ3v) is 19.4. The number of benzene rings is 4. The molecule has 8 rings (SSSR count). The summed E-state index contributed by atoms with van der Waals surface area (Å²) in [7, 11) is -8.36. The predicted octanol–water partition coefficient (Wildman–Crippen LogP) is 10.8. The number of aromatic nitrogens is 2. The van der Waals surface area contributed by atoms with Crippen molar-refractivity contribution < 1.29 is 63.8 Å². The largest absolute Gasteiger partial charge is 0.748 e. The van der Waals surface area contributed by atoms with Crippen LogP contribution in [0.25, 0.3) is 5.69 Å². The molecular weight excluding hydrogens is 1250 g/mol. The molecule has 0 spiro atoms. The highest BCUT2D eigenvalue weighted by Gasteiger charge is 2.44. The average Bonchev–Trinajstić information content (AvgIpc) is 1.62. The van der Waals surface area contributed by atoms with Gasteiger partial charge in [-0.25, -0.2) is 13.1 Å². The highest BCUT2D eigenvalue weighted by Crippen LogP contribution is 2.48. The van der Waals surface area contributed by atoms with Gasteiger partial charge in [-0.3, -0.25) is 14.1 Å². The lowest BCUT2D eigenvalue weighted by atomic mass is 9.75. The first kappa shape index (κ1) is 74.1. The summed E-state index contributed by atoms with van der Waals surface area (Å²) in [6.45, 7) is 22.8. The van der Waals surface area contributed by atoms with Gasteiger partial charge in [-0.2, -0.15) is 18.1 Å². The molecule has 22 heteroatoms. The number of carbonyl (C=O) groups excluding carboxylic acids is 2. The summed E-state index contributed by atoms with van der Waals surface area (Å²) in [6, 6.07) is 30.7. The van der Waals surface area contributed by atoms with Crippen LogP contribution in [0.2, 0.25) is 0 Å². The number of aryl methyl sites for hydroxylation is 1. The molecule has 20 nitrogen and oxygen atoms in total. The number of nitrogens with zero attached hydrogens (tertiary/aromatic N) is 4. The van der Waals surface area contributed by atoms with Gasteiger partial charge in [0, 0.05) is 97.6 Å². The lowest BCUT2D eigenvalue weighted by Gasteiger charge is -2.29. The quantitative estimate of drug-likeness (QED) is 0.0161. The van der Waals surface area contributed by atoms with Crippen LogP contribution in [0.3, 0.4) is 0 Å². The molecule has 0 saturated carbocycles. The monoisotopic (exact) mass is 1350 g/mol. The second-order valence-corrected chi connectivity index (χ2v) is 29.7. The van der Waals surface area contributed by atoms with Gasteiger partial charge in [-0.05, 0) is 125 Å². The summed E-state index contributed by atoms with van der Waals surface area (Å²) in [4.78, 5) is 27.5. The number of nitrogens with one attached hydrogen (secondary N) is 2. The number of unbranched alkanes of at least 4 members (excludes halogenated alkanes) is 2. The molecule has 1 atom stereocenters. The van der Waals surface area contributed by atoms with Gasteiger partial charge in [-0.1, -0.05) is 107 Å². The van der Waals surface area contributed by atoms with Crippen molar-refractivity contribution in [3.05, 3.63) is 172 Å². The second kappa shape index (κ2) is 34.5. The molecule has 0 saturated heterocycles. The third kappa shape index (κ3) is 21.2. The molecule has 95 heavy (non-hydrogen) atoms. The zero-order valence-electron chi connectivity index (χ0n) is 56.5. The molecule has 1 aliphatic carbocycles. The molecule has 3 aliphatic rings. The molecule has 4 aromatic carbocycles. The molecule has 1 unspecified atom stereocenters. The van der Waals surface area contributed by atoms with Crippen molar-refractivity contribution in [1.82, 2.24) is 15.1 Å². The SMILES string of the molecule is Cc1nn(-c2ccc(C(N)=O)c(NCCCOCCOCCOCCOCCOCCCNCc3ccc(C(/C=C/C4=[N+](CCCCS(=O)(=O)[O-])c5ccccc5C4(C)C)C/C=C/C=C4\N(CCCCS(=O)(=O)O)c5ccccc5C4(C)C)cc3)c2)c2c1C(=O)CC(C)(C)C2. The van der Waals surface area contributed by atoms with E-state index in [1.165, 1.54) is 11.1 Å².